The molecule has 1 aromatic heterocycles. The molecule has 1 amide bonds. The van der Waals surface area contributed by atoms with Crippen LogP contribution in [-0.4, -0.2) is 15.9 Å². The summed E-state index contributed by atoms with van der Waals surface area (Å²) < 4.78 is 0. The molecule has 2 aromatic rings. The average molecular weight is 296 g/mol. The van der Waals surface area contributed by atoms with Crippen molar-refractivity contribution < 1.29 is 4.79 Å². The van der Waals surface area contributed by atoms with Gasteiger partial charge in [0.15, 0.2) is 0 Å². The van der Waals surface area contributed by atoms with Gasteiger partial charge in [0.1, 0.15) is 5.69 Å². The fraction of sp³-hybridized carbons (Fsp3) is 0.154. The van der Waals surface area contributed by atoms with Crippen LogP contribution in [0.15, 0.2) is 36.8 Å². The summed E-state index contributed by atoms with van der Waals surface area (Å²) in [7, 11) is 0. The lowest BCUT2D eigenvalue weighted by Gasteiger charge is -2.15. The van der Waals surface area contributed by atoms with Crippen LogP contribution >= 0.6 is 23.2 Å². The van der Waals surface area contributed by atoms with E-state index in [4.69, 9.17) is 23.2 Å². The first-order valence-electron chi connectivity index (χ1n) is 5.60. The van der Waals surface area contributed by atoms with Crippen LogP contribution in [0.25, 0.3) is 0 Å². The van der Waals surface area contributed by atoms with E-state index in [-0.39, 0.29) is 17.6 Å². The summed E-state index contributed by atoms with van der Waals surface area (Å²) in [5.41, 5.74) is 1.06. The monoisotopic (exact) mass is 295 g/mol. The molecule has 0 saturated heterocycles. The van der Waals surface area contributed by atoms with E-state index in [1.54, 1.807) is 18.2 Å². The summed E-state index contributed by atoms with van der Waals surface area (Å²) >= 11 is 11.9. The summed E-state index contributed by atoms with van der Waals surface area (Å²) in [4.78, 5) is 19.7. The molecule has 0 spiro atoms. The van der Waals surface area contributed by atoms with Crippen molar-refractivity contribution in [3.8, 4) is 0 Å². The standard InChI is InChI=1S/C13H11Cl2N3O/c1-8(10-3-2-9(14)6-11(10)15)18-13(19)12-7-16-4-5-17-12/h2-8H,1H3,(H,18,19). The van der Waals surface area contributed by atoms with Crippen molar-refractivity contribution in [1.29, 1.82) is 0 Å². The van der Waals surface area contributed by atoms with Crippen LogP contribution in [0.5, 0.6) is 0 Å². The van der Waals surface area contributed by atoms with Crippen LogP contribution < -0.4 is 5.32 Å². The fourth-order valence-corrected chi connectivity index (χ4v) is 2.19. The third-order valence-corrected chi connectivity index (χ3v) is 3.13. The van der Waals surface area contributed by atoms with Crippen molar-refractivity contribution in [2.24, 2.45) is 0 Å². The number of carbonyl (C=O) groups is 1. The van der Waals surface area contributed by atoms with Gasteiger partial charge in [0.05, 0.1) is 12.2 Å². The molecular weight excluding hydrogens is 285 g/mol. The van der Waals surface area contributed by atoms with Crippen LogP contribution in [-0.2, 0) is 0 Å². The van der Waals surface area contributed by atoms with Gasteiger partial charge in [-0.15, -0.1) is 0 Å². The molecule has 0 saturated carbocycles. The minimum atomic E-state index is -0.299. The van der Waals surface area contributed by atoms with E-state index < -0.39 is 0 Å². The van der Waals surface area contributed by atoms with Crippen molar-refractivity contribution in [3.05, 3.63) is 58.1 Å². The highest BCUT2D eigenvalue weighted by atomic mass is 35.5. The zero-order valence-corrected chi connectivity index (χ0v) is 11.6. The van der Waals surface area contributed by atoms with Gasteiger partial charge in [-0.1, -0.05) is 29.3 Å². The predicted molar refractivity (Wildman–Crippen MR) is 74.4 cm³/mol. The maximum Gasteiger partial charge on any atom is 0.271 e. The summed E-state index contributed by atoms with van der Waals surface area (Å²) in [6.45, 7) is 1.84. The van der Waals surface area contributed by atoms with E-state index in [1.165, 1.54) is 18.6 Å². The zero-order valence-electron chi connectivity index (χ0n) is 10.1. The van der Waals surface area contributed by atoms with E-state index in [0.29, 0.717) is 10.0 Å². The third-order valence-electron chi connectivity index (χ3n) is 2.57. The highest BCUT2D eigenvalue weighted by Crippen LogP contribution is 2.26. The molecule has 2 rings (SSSR count). The lowest BCUT2D eigenvalue weighted by atomic mass is 10.1. The molecule has 6 heteroatoms. The lowest BCUT2D eigenvalue weighted by molar-refractivity contribution is 0.0934. The van der Waals surface area contributed by atoms with Gasteiger partial charge in [-0.25, -0.2) is 4.98 Å². The van der Waals surface area contributed by atoms with Gasteiger partial charge in [0, 0.05) is 22.4 Å². The maximum atomic E-state index is 11.9. The molecule has 19 heavy (non-hydrogen) atoms. The first kappa shape index (κ1) is 13.8. The van der Waals surface area contributed by atoms with Crippen LogP contribution in [0.3, 0.4) is 0 Å². The van der Waals surface area contributed by atoms with Crippen LogP contribution in [0.4, 0.5) is 0 Å². The molecule has 4 nitrogen and oxygen atoms in total. The Kier molecular flexibility index (Phi) is 4.35. The van der Waals surface area contributed by atoms with Gasteiger partial charge in [-0.2, -0.15) is 0 Å². The Labute approximate surface area is 120 Å². The molecular formula is C13H11Cl2N3O. The number of hydrogen-bond acceptors (Lipinski definition) is 3. The average Bonchev–Trinajstić information content (AvgIpc) is 2.39. The van der Waals surface area contributed by atoms with Gasteiger partial charge in [-0.05, 0) is 24.6 Å². The van der Waals surface area contributed by atoms with E-state index in [9.17, 15) is 4.79 Å². The first-order valence-corrected chi connectivity index (χ1v) is 6.35. The molecule has 0 aliphatic heterocycles. The topological polar surface area (TPSA) is 54.9 Å². The van der Waals surface area contributed by atoms with E-state index in [1.807, 2.05) is 6.92 Å². The van der Waals surface area contributed by atoms with Crippen molar-refractivity contribution in [2.75, 3.05) is 0 Å². The molecule has 1 unspecified atom stereocenters. The van der Waals surface area contributed by atoms with Crippen molar-refractivity contribution >= 4 is 29.1 Å². The molecule has 0 fully saturated rings. The van der Waals surface area contributed by atoms with Gasteiger partial charge in [-0.3, -0.25) is 9.78 Å². The minimum Gasteiger partial charge on any atom is -0.344 e. The number of nitrogens with one attached hydrogen (secondary N) is 1. The molecule has 98 valence electrons. The summed E-state index contributed by atoms with van der Waals surface area (Å²) in [5.74, 6) is -0.299. The number of halogens is 2. The van der Waals surface area contributed by atoms with E-state index in [0.717, 1.165) is 5.56 Å². The number of hydrogen-bond donors (Lipinski definition) is 1. The van der Waals surface area contributed by atoms with Crippen LogP contribution in [0.2, 0.25) is 10.0 Å². The zero-order chi connectivity index (χ0) is 13.8. The van der Waals surface area contributed by atoms with Gasteiger partial charge >= 0.3 is 0 Å². The lowest BCUT2D eigenvalue weighted by Crippen LogP contribution is -2.27. The van der Waals surface area contributed by atoms with E-state index in [2.05, 4.69) is 15.3 Å². The molecule has 0 aliphatic carbocycles. The minimum absolute atomic E-state index is 0.251. The van der Waals surface area contributed by atoms with Crippen molar-refractivity contribution in [3.63, 3.8) is 0 Å². The normalized spacial score (nSPS) is 11.9. The summed E-state index contributed by atoms with van der Waals surface area (Å²) in [5, 5.41) is 3.87. The van der Waals surface area contributed by atoms with Gasteiger partial charge in [0.2, 0.25) is 0 Å². The Balaban J connectivity index is 2.13. The Morgan fingerprint density at radius 3 is 2.74 bits per heavy atom. The van der Waals surface area contributed by atoms with Crippen LogP contribution in [0.1, 0.15) is 29.0 Å². The molecule has 0 bridgehead atoms. The smallest absolute Gasteiger partial charge is 0.271 e. The molecule has 1 N–H and O–H groups in total. The van der Waals surface area contributed by atoms with E-state index >= 15 is 0 Å². The fourth-order valence-electron chi connectivity index (χ4n) is 1.62. The number of amides is 1. The second kappa shape index (κ2) is 5.99. The number of benzene rings is 1. The summed E-state index contributed by atoms with van der Waals surface area (Å²) in [6.07, 6.45) is 4.39. The highest BCUT2D eigenvalue weighted by molar-refractivity contribution is 6.35. The van der Waals surface area contributed by atoms with Crippen LogP contribution in [0, 0.1) is 0 Å². The number of aromatic nitrogens is 2. The Morgan fingerprint density at radius 2 is 2.11 bits per heavy atom. The Bertz CT molecular complexity index is 590. The number of carbonyl (C=O) groups excluding carboxylic acids is 1. The second-order valence-electron chi connectivity index (χ2n) is 3.95. The quantitative estimate of drug-likeness (QED) is 0.945. The molecule has 0 aliphatic rings. The van der Waals surface area contributed by atoms with Gasteiger partial charge in [0.25, 0.3) is 5.91 Å². The Hall–Kier alpha value is -1.65. The largest absolute Gasteiger partial charge is 0.344 e. The summed E-state index contributed by atoms with van der Waals surface area (Å²) in [6, 6.07) is 4.91. The number of nitrogens with zero attached hydrogens (tertiary/aromatic N) is 2. The van der Waals surface area contributed by atoms with Crippen molar-refractivity contribution in [2.45, 2.75) is 13.0 Å². The SMILES string of the molecule is CC(NC(=O)c1cnccn1)c1ccc(Cl)cc1Cl. The molecule has 1 heterocycles. The Morgan fingerprint density at radius 1 is 1.32 bits per heavy atom. The third kappa shape index (κ3) is 3.43. The molecule has 1 aromatic carbocycles. The first-order chi connectivity index (χ1) is 9.08. The maximum absolute atomic E-state index is 11.9. The second-order valence-corrected chi connectivity index (χ2v) is 4.80. The molecule has 0 radical (unpaired) electrons. The highest BCUT2D eigenvalue weighted by Gasteiger charge is 2.14. The molecule has 1 atom stereocenters. The van der Waals surface area contributed by atoms with Crippen molar-refractivity contribution in [1.82, 2.24) is 15.3 Å². The predicted octanol–water partition coefficient (Wildman–Crippen LogP) is 3.27. The van der Waals surface area contributed by atoms with Gasteiger partial charge < -0.3 is 5.32 Å². The number of rotatable bonds is 3.